The van der Waals surface area contributed by atoms with Gasteiger partial charge in [0.2, 0.25) is 0 Å². The fourth-order valence-corrected chi connectivity index (χ4v) is 1.96. The fourth-order valence-electron chi connectivity index (χ4n) is 1.96. The number of carboxylic acid groups (broad SMARTS) is 1. The molecule has 1 saturated carbocycles. The summed E-state index contributed by atoms with van der Waals surface area (Å²) in [6, 6.07) is -0.161. The van der Waals surface area contributed by atoms with Crippen LogP contribution in [0.2, 0.25) is 0 Å². The van der Waals surface area contributed by atoms with Crippen molar-refractivity contribution in [2.24, 2.45) is 5.92 Å². The van der Waals surface area contributed by atoms with Crippen LogP contribution >= 0.6 is 0 Å². The highest BCUT2D eigenvalue weighted by Gasteiger charge is 2.36. The molecule has 19 heavy (non-hydrogen) atoms. The van der Waals surface area contributed by atoms with Gasteiger partial charge in [0.05, 0.1) is 18.1 Å². The normalized spacial score (nSPS) is 17.4. The Morgan fingerprint density at radius 2 is 2.21 bits per heavy atom. The van der Waals surface area contributed by atoms with Gasteiger partial charge >= 0.3 is 5.97 Å². The van der Waals surface area contributed by atoms with E-state index in [4.69, 9.17) is 9.84 Å². The number of rotatable bonds is 6. The van der Waals surface area contributed by atoms with Crippen LogP contribution < -0.4 is 0 Å². The zero-order chi connectivity index (χ0) is 14.0. The summed E-state index contributed by atoms with van der Waals surface area (Å²) in [5.74, 6) is 0.135. The number of hydrogen-bond donors (Lipinski definition) is 1. The summed E-state index contributed by atoms with van der Waals surface area (Å²) in [6.45, 7) is 6.16. The second-order valence-corrected chi connectivity index (χ2v) is 5.94. The Kier molecular flexibility index (Phi) is 3.84. The van der Waals surface area contributed by atoms with Gasteiger partial charge in [0.1, 0.15) is 6.61 Å². The molecule has 1 aromatic rings. The predicted molar refractivity (Wildman–Crippen MR) is 66.4 cm³/mol. The lowest BCUT2D eigenvalue weighted by molar-refractivity contribution is -0.138. The van der Waals surface area contributed by atoms with E-state index in [1.807, 2.05) is 20.8 Å². The number of hydrogen-bond acceptors (Lipinski definition) is 5. The summed E-state index contributed by atoms with van der Waals surface area (Å²) in [6.07, 6.45) is 2.13. The molecular formula is C12H20N4O3. The van der Waals surface area contributed by atoms with E-state index in [1.54, 1.807) is 4.68 Å². The van der Waals surface area contributed by atoms with Crippen LogP contribution in [-0.2, 0) is 16.1 Å². The third-order valence-corrected chi connectivity index (χ3v) is 3.06. The first kappa shape index (κ1) is 13.9. The number of aromatic nitrogens is 4. The largest absolute Gasteiger partial charge is 0.481 e. The number of carboxylic acids is 1. The van der Waals surface area contributed by atoms with Crippen LogP contribution in [0.5, 0.6) is 0 Å². The minimum atomic E-state index is -0.824. The quantitative estimate of drug-likeness (QED) is 0.839. The molecule has 1 atom stereocenters. The Bertz CT molecular complexity index is 448. The predicted octanol–water partition coefficient (Wildman–Crippen LogP) is 1.41. The third kappa shape index (κ3) is 3.99. The number of tetrazole rings is 1. The molecule has 0 amide bonds. The Labute approximate surface area is 111 Å². The average Bonchev–Trinajstić information content (AvgIpc) is 3.01. The summed E-state index contributed by atoms with van der Waals surface area (Å²) in [7, 11) is 0. The Morgan fingerprint density at radius 3 is 2.74 bits per heavy atom. The molecule has 1 aliphatic carbocycles. The van der Waals surface area contributed by atoms with E-state index in [2.05, 4.69) is 15.5 Å². The van der Waals surface area contributed by atoms with Crippen LogP contribution in [0.15, 0.2) is 0 Å². The van der Waals surface area contributed by atoms with E-state index in [9.17, 15) is 4.79 Å². The van der Waals surface area contributed by atoms with Crippen molar-refractivity contribution in [3.05, 3.63) is 5.82 Å². The minimum absolute atomic E-state index is 0.0538. The highest BCUT2D eigenvalue weighted by Crippen LogP contribution is 2.41. The average molecular weight is 268 g/mol. The van der Waals surface area contributed by atoms with Crippen molar-refractivity contribution in [3.63, 3.8) is 0 Å². The maximum atomic E-state index is 11.0. The monoisotopic (exact) mass is 268 g/mol. The maximum Gasteiger partial charge on any atom is 0.305 e. The topological polar surface area (TPSA) is 90.1 Å². The number of aliphatic carboxylic acids is 1. The van der Waals surface area contributed by atoms with Gasteiger partial charge in [-0.1, -0.05) is 0 Å². The number of ether oxygens (including phenoxy) is 1. The van der Waals surface area contributed by atoms with E-state index in [-0.39, 0.29) is 18.1 Å². The first-order valence-corrected chi connectivity index (χ1v) is 6.49. The molecule has 1 N–H and O–H groups in total. The zero-order valence-corrected chi connectivity index (χ0v) is 11.5. The van der Waals surface area contributed by atoms with Crippen molar-refractivity contribution >= 4 is 5.97 Å². The molecule has 0 saturated heterocycles. The SMILES string of the molecule is CC(C)(C)OCc1nnnn1C(CC(=O)O)C1CC1. The van der Waals surface area contributed by atoms with Gasteiger partial charge in [-0.05, 0) is 50.0 Å². The van der Waals surface area contributed by atoms with E-state index >= 15 is 0 Å². The number of carbonyl (C=O) groups is 1. The van der Waals surface area contributed by atoms with Gasteiger partial charge in [0.25, 0.3) is 0 Å². The Morgan fingerprint density at radius 1 is 1.53 bits per heavy atom. The highest BCUT2D eigenvalue weighted by atomic mass is 16.5. The lowest BCUT2D eigenvalue weighted by atomic mass is 10.1. The molecule has 106 valence electrons. The highest BCUT2D eigenvalue weighted by molar-refractivity contribution is 5.67. The summed E-state index contributed by atoms with van der Waals surface area (Å²) in [5.41, 5.74) is -0.279. The van der Waals surface area contributed by atoms with Crippen molar-refractivity contribution in [2.45, 2.75) is 58.3 Å². The molecule has 0 bridgehead atoms. The van der Waals surface area contributed by atoms with Crippen LogP contribution in [0.1, 0.15) is 51.9 Å². The fraction of sp³-hybridized carbons (Fsp3) is 0.833. The minimum Gasteiger partial charge on any atom is -0.481 e. The molecule has 1 aliphatic rings. The van der Waals surface area contributed by atoms with Crippen LogP contribution in [0.25, 0.3) is 0 Å². The maximum absolute atomic E-state index is 11.0. The second kappa shape index (κ2) is 5.24. The molecule has 1 fully saturated rings. The molecule has 0 aromatic carbocycles. The molecule has 0 radical (unpaired) electrons. The van der Waals surface area contributed by atoms with E-state index in [0.717, 1.165) is 12.8 Å². The van der Waals surface area contributed by atoms with Crippen molar-refractivity contribution < 1.29 is 14.6 Å². The molecule has 1 heterocycles. The Balaban J connectivity index is 2.10. The van der Waals surface area contributed by atoms with E-state index < -0.39 is 5.97 Å². The van der Waals surface area contributed by atoms with Gasteiger partial charge in [0, 0.05) is 0 Å². The van der Waals surface area contributed by atoms with E-state index in [0.29, 0.717) is 18.3 Å². The smallest absolute Gasteiger partial charge is 0.305 e. The molecule has 7 heteroatoms. The lowest BCUT2D eigenvalue weighted by Crippen LogP contribution is -2.23. The Hall–Kier alpha value is -1.50. The first-order chi connectivity index (χ1) is 8.87. The first-order valence-electron chi connectivity index (χ1n) is 6.49. The van der Waals surface area contributed by atoms with Gasteiger partial charge in [-0.3, -0.25) is 4.79 Å². The standard InChI is InChI=1S/C12H20N4O3/c1-12(2,3)19-7-10-13-14-15-16(10)9(6-11(17)18)8-4-5-8/h8-9H,4-7H2,1-3H3,(H,17,18). The van der Waals surface area contributed by atoms with Gasteiger partial charge in [-0.15, -0.1) is 5.10 Å². The summed E-state index contributed by atoms with van der Waals surface area (Å²) < 4.78 is 7.28. The lowest BCUT2D eigenvalue weighted by Gasteiger charge is -2.20. The molecule has 2 rings (SSSR count). The van der Waals surface area contributed by atoms with Gasteiger partial charge < -0.3 is 9.84 Å². The second-order valence-electron chi connectivity index (χ2n) is 5.94. The van der Waals surface area contributed by atoms with Crippen LogP contribution in [-0.4, -0.2) is 36.9 Å². The summed E-state index contributed by atoms with van der Waals surface area (Å²) >= 11 is 0. The third-order valence-electron chi connectivity index (χ3n) is 3.06. The van der Waals surface area contributed by atoms with Crippen molar-refractivity contribution in [2.75, 3.05) is 0 Å². The molecule has 1 aromatic heterocycles. The zero-order valence-electron chi connectivity index (χ0n) is 11.5. The van der Waals surface area contributed by atoms with Crippen molar-refractivity contribution in [3.8, 4) is 0 Å². The molecule has 1 unspecified atom stereocenters. The molecule has 0 aliphatic heterocycles. The van der Waals surface area contributed by atoms with Crippen LogP contribution in [0.3, 0.4) is 0 Å². The van der Waals surface area contributed by atoms with Crippen LogP contribution in [0.4, 0.5) is 0 Å². The van der Waals surface area contributed by atoms with Crippen LogP contribution in [0, 0.1) is 5.92 Å². The number of nitrogens with zero attached hydrogens (tertiary/aromatic N) is 4. The van der Waals surface area contributed by atoms with Crippen molar-refractivity contribution in [1.29, 1.82) is 0 Å². The van der Waals surface area contributed by atoms with Gasteiger partial charge in [-0.25, -0.2) is 4.68 Å². The summed E-state index contributed by atoms with van der Waals surface area (Å²) in [5, 5.41) is 20.5. The molecule has 7 nitrogen and oxygen atoms in total. The molecule has 0 spiro atoms. The van der Waals surface area contributed by atoms with E-state index in [1.165, 1.54) is 0 Å². The van der Waals surface area contributed by atoms with Gasteiger partial charge in [0.15, 0.2) is 5.82 Å². The van der Waals surface area contributed by atoms with Crippen molar-refractivity contribution in [1.82, 2.24) is 20.2 Å². The molecular weight excluding hydrogens is 248 g/mol. The summed E-state index contributed by atoms with van der Waals surface area (Å²) in [4.78, 5) is 11.0. The van der Waals surface area contributed by atoms with Gasteiger partial charge in [-0.2, -0.15) is 0 Å².